The average Bonchev–Trinajstić information content (AvgIpc) is 2.72. The van der Waals surface area contributed by atoms with Crippen LogP contribution in [-0.4, -0.2) is 11.8 Å². The van der Waals surface area contributed by atoms with Crippen molar-refractivity contribution in [2.24, 2.45) is 5.41 Å². The minimum atomic E-state index is -0.448. The van der Waals surface area contributed by atoms with Gasteiger partial charge in [-0.15, -0.1) is 11.8 Å². The highest BCUT2D eigenvalue weighted by atomic mass is 35.5. The fraction of sp³-hybridized carbons (Fsp3) is 0.231. The molecule has 166 valence electrons. The fourth-order valence-corrected chi connectivity index (χ4v) is 4.33. The first-order valence-electron chi connectivity index (χ1n) is 10.4. The molecular formula is C26H27ClN2O2S. The third-order valence-corrected chi connectivity index (χ3v) is 6.02. The Balaban J connectivity index is 1.74. The molecule has 0 aromatic heterocycles. The zero-order valence-electron chi connectivity index (χ0n) is 18.4. The van der Waals surface area contributed by atoms with Crippen LogP contribution in [0.4, 0.5) is 11.4 Å². The topological polar surface area (TPSA) is 58.2 Å². The predicted octanol–water partition coefficient (Wildman–Crippen LogP) is 7.19. The maximum atomic E-state index is 13.1. The number of carbonyl (C=O) groups excluding carboxylic acids is 2. The van der Waals surface area contributed by atoms with Gasteiger partial charge in [0.2, 0.25) is 11.8 Å². The van der Waals surface area contributed by atoms with Crippen LogP contribution in [0, 0.1) is 5.41 Å². The molecule has 0 aliphatic carbocycles. The number of carbonyl (C=O) groups is 2. The number of anilines is 2. The molecule has 0 saturated carbocycles. The standard InChI is InChI=1S/C26H27ClN2O2S/c1-26(2,3)17-23(30)28-20-12-14-22(15-13-20)32-24(18-8-5-4-6-9-18)25(31)29-21-11-7-10-19(27)16-21/h4-16,24H,17H2,1-3H3,(H,28,30)(H,29,31). The number of nitrogens with one attached hydrogen (secondary N) is 2. The molecule has 1 unspecified atom stereocenters. The lowest BCUT2D eigenvalue weighted by Crippen LogP contribution is -2.19. The molecule has 6 heteroatoms. The van der Waals surface area contributed by atoms with Gasteiger partial charge in [-0.3, -0.25) is 9.59 Å². The van der Waals surface area contributed by atoms with E-state index in [4.69, 9.17) is 11.6 Å². The molecular weight excluding hydrogens is 440 g/mol. The highest BCUT2D eigenvalue weighted by Gasteiger charge is 2.22. The zero-order valence-corrected chi connectivity index (χ0v) is 20.0. The fourth-order valence-electron chi connectivity index (χ4n) is 3.11. The van der Waals surface area contributed by atoms with Gasteiger partial charge in [-0.2, -0.15) is 0 Å². The van der Waals surface area contributed by atoms with Gasteiger partial charge in [0, 0.05) is 27.7 Å². The number of amides is 2. The quantitative estimate of drug-likeness (QED) is 0.362. The Labute approximate surface area is 198 Å². The second-order valence-electron chi connectivity index (χ2n) is 8.72. The lowest BCUT2D eigenvalue weighted by molar-refractivity contribution is -0.118. The molecule has 3 rings (SSSR count). The Morgan fingerprint density at radius 2 is 1.56 bits per heavy atom. The van der Waals surface area contributed by atoms with E-state index in [2.05, 4.69) is 10.6 Å². The molecule has 4 nitrogen and oxygen atoms in total. The van der Waals surface area contributed by atoms with Crippen molar-refractivity contribution in [3.05, 3.63) is 89.4 Å². The Morgan fingerprint density at radius 3 is 2.19 bits per heavy atom. The number of halogens is 1. The third kappa shape index (κ3) is 7.43. The first kappa shape index (κ1) is 23.9. The van der Waals surface area contributed by atoms with Crippen LogP contribution in [0.3, 0.4) is 0 Å². The van der Waals surface area contributed by atoms with E-state index in [1.54, 1.807) is 18.2 Å². The van der Waals surface area contributed by atoms with Crippen LogP contribution in [0.2, 0.25) is 5.02 Å². The SMILES string of the molecule is CC(C)(C)CC(=O)Nc1ccc(SC(C(=O)Nc2cccc(Cl)c2)c2ccccc2)cc1. The van der Waals surface area contributed by atoms with E-state index in [-0.39, 0.29) is 17.2 Å². The molecule has 0 saturated heterocycles. The molecule has 3 aromatic carbocycles. The monoisotopic (exact) mass is 466 g/mol. The van der Waals surface area contributed by atoms with Crippen molar-refractivity contribution in [2.75, 3.05) is 10.6 Å². The first-order chi connectivity index (χ1) is 15.2. The van der Waals surface area contributed by atoms with Gasteiger partial charge in [0.25, 0.3) is 0 Å². The second kappa shape index (κ2) is 10.7. The van der Waals surface area contributed by atoms with E-state index in [0.29, 0.717) is 17.1 Å². The van der Waals surface area contributed by atoms with Crippen LogP contribution < -0.4 is 10.6 Å². The summed E-state index contributed by atoms with van der Waals surface area (Å²) < 4.78 is 0. The molecule has 2 amide bonds. The van der Waals surface area contributed by atoms with Crippen LogP contribution in [0.15, 0.2) is 83.8 Å². The predicted molar refractivity (Wildman–Crippen MR) is 134 cm³/mol. The zero-order chi connectivity index (χ0) is 23.1. The molecule has 2 N–H and O–H groups in total. The van der Waals surface area contributed by atoms with Crippen molar-refractivity contribution in [3.63, 3.8) is 0 Å². The molecule has 0 aliphatic rings. The Morgan fingerprint density at radius 1 is 0.875 bits per heavy atom. The highest BCUT2D eigenvalue weighted by Crippen LogP contribution is 2.37. The van der Waals surface area contributed by atoms with E-state index < -0.39 is 5.25 Å². The molecule has 0 radical (unpaired) electrons. The molecule has 0 heterocycles. The molecule has 0 fully saturated rings. The summed E-state index contributed by atoms with van der Waals surface area (Å²) in [4.78, 5) is 26.3. The van der Waals surface area contributed by atoms with Crippen molar-refractivity contribution in [3.8, 4) is 0 Å². The maximum absolute atomic E-state index is 13.1. The van der Waals surface area contributed by atoms with Crippen molar-refractivity contribution < 1.29 is 9.59 Å². The number of thioether (sulfide) groups is 1. The summed E-state index contributed by atoms with van der Waals surface area (Å²) in [5.41, 5.74) is 2.22. The Hall–Kier alpha value is -2.76. The minimum absolute atomic E-state index is 0.0130. The summed E-state index contributed by atoms with van der Waals surface area (Å²) >= 11 is 7.51. The Kier molecular flexibility index (Phi) is 7.99. The summed E-state index contributed by atoms with van der Waals surface area (Å²) in [6.07, 6.45) is 0.448. The third-order valence-electron chi connectivity index (χ3n) is 4.52. The lowest BCUT2D eigenvalue weighted by Gasteiger charge is -2.18. The summed E-state index contributed by atoms with van der Waals surface area (Å²) in [5.74, 6) is -0.146. The summed E-state index contributed by atoms with van der Waals surface area (Å²) in [6, 6.07) is 24.3. The molecule has 0 bridgehead atoms. The van der Waals surface area contributed by atoms with E-state index >= 15 is 0 Å². The van der Waals surface area contributed by atoms with Gasteiger partial charge >= 0.3 is 0 Å². The van der Waals surface area contributed by atoms with Crippen LogP contribution in [0.25, 0.3) is 0 Å². The molecule has 3 aromatic rings. The number of rotatable bonds is 7. The van der Waals surface area contributed by atoms with Crippen LogP contribution in [0.5, 0.6) is 0 Å². The van der Waals surface area contributed by atoms with Crippen LogP contribution in [-0.2, 0) is 9.59 Å². The van der Waals surface area contributed by atoms with Gasteiger partial charge in [-0.25, -0.2) is 0 Å². The van der Waals surface area contributed by atoms with Gasteiger partial charge in [-0.1, -0.05) is 68.8 Å². The summed E-state index contributed by atoms with van der Waals surface area (Å²) in [7, 11) is 0. The van der Waals surface area contributed by atoms with E-state index in [1.165, 1.54) is 11.8 Å². The van der Waals surface area contributed by atoms with Gasteiger partial charge < -0.3 is 10.6 Å². The molecule has 0 spiro atoms. The molecule has 32 heavy (non-hydrogen) atoms. The van der Waals surface area contributed by atoms with Crippen molar-refractivity contribution >= 4 is 46.6 Å². The normalized spacial score (nSPS) is 12.1. The summed E-state index contributed by atoms with van der Waals surface area (Å²) in [5, 5.41) is 6.01. The largest absolute Gasteiger partial charge is 0.326 e. The maximum Gasteiger partial charge on any atom is 0.242 e. The number of hydrogen-bond donors (Lipinski definition) is 2. The van der Waals surface area contributed by atoms with Crippen LogP contribution in [0.1, 0.15) is 38.0 Å². The smallest absolute Gasteiger partial charge is 0.242 e. The van der Waals surface area contributed by atoms with Crippen molar-refractivity contribution in [1.82, 2.24) is 0 Å². The van der Waals surface area contributed by atoms with E-state index in [1.807, 2.05) is 81.4 Å². The summed E-state index contributed by atoms with van der Waals surface area (Å²) in [6.45, 7) is 6.10. The lowest BCUT2D eigenvalue weighted by atomic mass is 9.92. The first-order valence-corrected chi connectivity index (χ1v) is 11.6. The van der Waals surface area contributed by atoms with Gasteiger partial charge in [0.05, 0.1) is 0 Å². The molecule has 0 aliphatic heterocycles. The van der Waals surface area contributed by atoms with Crippen molar-refractivity contribution in [1.29, 1.82) is 0 Å². The number of benzene rings is 3. The van der Waals surface area contributed by atoms with Gasteiger partial charge in [0.15, 0.2) is 0 Å². The number of hydrogen-bond acceptors (Lipinski definition) is 3. The van der Waals surface area contributed by atoms with E-state index in [9.17, 15) is 9.59 Å². The second-order valence-corrected chi connectivity index (χ2v) is 10.3. The minimum Gasteiger partial charge on any atom is -0.326 e. The molecule has 1 atom stereocenters. The Bertz CT molecular complexity index is 1060. The van der Waals surface area contributed by atoms with Gasteiger partial charge in [-0.05, 0) is 53.4 Å². The van der Waals surface area contributed by atoms with Crippen LogP contribution >= 0.6 is 23.4 Å². The van der Waals surface area contributed by atoms with Crippen molar-refractivity contribution in [2.45, 2.75) is 37.3 Å². The highest BCUT2D eigenvalue weighted by molar-refractivity contribution is 8.00. The van der Waals surface area contributed by atoms with E-state index in [0.717, 1.165) is 16.1 Å². The van der Waals surface area contributed by atoms with Gasteiger partial charge in [0.1, 0.15) is 5.25 Å². The average molecular weight is 467 g/mol.